The summed E-state index contributed by atoms with van der Waals surface area (Å²) in [7, 11) is 0. The quantitative estimate of drug-likeness (QED) is 0.558. The van der Waals surface area contributed by atoms with Crippen molar-refractivity contribution >= 4 is 80.8 Å². The van der Waals surface area contributed by atoms with Gasteiger partial charge in [0, 0.05) is 0 Å². The van der Waals surface area contributed by atoms with E-state index in [1.807, 2.05) is 17.8 Å². The zero-order valence-corrected chi connectivity index (χ0v) is 19.3. The first-order chi connectivity index (χ1) is 8.16. The number of rotatable bonds is 2. The standard InChI is InChI=1S/C6H2S2.2C4H9.2Sn/c1-3-7-6-2-4-8-5(1)6;2*1-4(2)3;;/h1,3H;2*1-3H3;;. The first-order valence-corrected chi connectivity index (χ1v) is 13.6. The van der Waals surface area contributed by atoms with Crippen LogP contribution in [0.5, 0.6) is 0 Å². The average molecular weight is 490 g/mol. The zero-order valence-electron chi connectivity index (χ0n) is 12.0. The Hall–Kier alpha value is 1.26. The average Bonchev–Trinajstić information content (AvgIpc) is 2.66. The van der Waals surface area contributed by atoms with Gasteiger partial charge in [0.05, 0.1) is 0 Å². The summed E-state index contributed by atoms with van der Waals surface area (Å²) in [4.78, 5) is 0. The van der Waals surface area contributed by atoms with Crippen LogP contribution in [0.15, 0.2) is 11.4 Å². The van der Waals surface area contributed by atoms with E-state index in [1.54, 1.807) is 9.40 Å². The fourth-order valence-electron chi connectivity index (χ4n) is 1.74. The van der Waals surface area contributed by atoms with E-state index in [1.165, 1.54) is 0 Å². The first-order valence-electron chi connectivity index (χ1n) is 6.22. The molecule has 96 valence electrons. The van der Waals surface area contributed by atoms with E-state index in [0.717, 1.165) is 0 Å². The van der Waals surface area contributed by atoms with Crippen LogP contribution in [0.2, 0.25) is 6.86 Å². The van der Waals surface area contributed by atoms with Crippen LogP contribution in [0.4, 0.5) is 0 Å². The van der Waals surface area contributed by atoms with Gasteiger partial charge in [-0.2, -0.15) is 0 Å². The van der Waals surface area contributed by atoms with Crippen LogP contribution in [0.25, 0.3) is 9.40 Å². The maximum absolute atomic E-state index is 2.43. The molecular formula is C14H20S2Sn2. The van der Waals surface area contributed by atoms with Crippen LogP contribution < -0.4 is 6.47 Å². The van der Waals surface area contributed by atoms with E-state index >= 15 is 0 Å². The van der Waals surface area contributed by atoms with Crippen molar-refractivity contribution in [3.05, 3.63) is 11.4 Å². The second-order valence-corrected chi connectivity index (χ2v) is 22.5. The molecule has 0 unspecified atom stereocenters. The van der Waals surface area contributed by atoms with Crippen LogP contribution >= 0.6 is 22.7 Å². The molecular weight excluding hydrogens is 470 g/mol. The molecule has 0 bridgehead atoms. The Bertz CT molecular complexity index is 538. The minimum atomic E-state index is -0.470. The van der Waals surface area contributed by atoms with Crippen LogP contribution in [0.3, 0.4) is 0 Å². The third-order valence-electron chi connectivity index (χ3n) is 2.28. The van der Waals surface area contributed by atoms with Gasteiger partial charge in [-0.15, -0.1) is 0 Å². The van der Waals surface area contributed by atoms with Gasteiger partial charge in [-0.05, 0) is 0 Å². The predicted octanol–water partition coefficient (Wildman–Crippen LogP) is 4.06. The Kier molecular flexibility index (Phi) is 4.84. The van der Waals surface area contributed by atoms with Gasteiger partial charge in [-0.1, -0.05) is 0 Å². The number of fused-ring (bicyclic) bond motifs is 1. The van der Waals surface area contributed by atoms with Gasteiger partial charge in [-0.25, -0.2) is 0 Å². The molecule has 0 amide bonds. The molecule has 2 heterocycles. The topological polar surface area (TPSA) is 0 Å². The molecule has 2 aromatic rings. The molecule has 0 aromatic carbocycles. The summed E-state index contributed by atoms with van der Waals surface area (Å²) in [5.41, 5.74) is 0. The summed E-state index contributed by atoms with van der Waals surface area (Å²) < 4.78 is 8.08. The normalized spacial score (nSPS) is 13.4. The molecule has 4 heteroatoms. The summed E-state index contributed by atoms with van der Waals surface area (Å²) >= 11 is 3.20. The van der Waals surface area contributed by atoms with E-state index in [4.69, 9.17) is 0 Å². The molecule has 0 aliphatic heterocycles. The Morgan fingerprint density at radius 1 is 0.944 bits per heavy atom. The van der Waals surface area contributed by atoms with Crippen molar-refractivity contribution in [1.82, 2.24) is 0 Å². The van der Waals surface area contributed by atoms with Crippen LogP contribution in [0.1, 0.15) is 41.5 Å². The Balaban J connectivity index is 2.45. The number of hydrogen-bond donors (Lipinski definition) is 0. The predicted molar refractivity (Wildman–Crippen MR) is 89.9 cm³/mol. The first kappa shape index (κ1) is 15.6. The molecule has 0 nitrogen and oxygen atoms in total. The van der Waals surface area contributed by atoms with Gasteiger partial charge in [0.15, 0.2) is 0 Å². The third kappa shape index (κ3) is 4.12. The Labute approximate surface area is 139 Å². The van der Waals surface area contributed by atoms with Gasteiger partial charge < -0.3 is 0 Å². The van der Waals surface area contributed by atoms with Gasteiger partial charge in [-0.3, -0.25) is 0 Å². The van der Waals surface area contributed by atoms with Crippen LogP contribution in [-0.2, 0) is 0 Å². The van der Waals surface area contributed by atoms with Crippen molar-refractivity contribution in [2.45, 2.75) is 48.4 Å². The number of hydrogen-bond acceptors (Lipinski definition) is 2. The van der Waals surface area contributed by atoms with Crippen LogP contribution in [0, 0.1) is 0 Å². The van der Waals surface area contributed by atoms with Crippen molar-refractivity contribution in [2.24, 2.45) is 0 Å². The minimum absolute atomic E-state index is 0.441. The zero-order chi connectivity index (χ0) is 13.6. The molecule has 4 radical (unpaired) electrons. The molecule has 2 aromatic heterocycles. The van der Waals surface area contributed by atoms with E-state index < -0.39 is 42.3 Å². The monoisotopic (exact) mass is 492 g/mol. The molecule has 0 fully saturated rings. The summed E-state index contributed by atoms with van der Waals surface area (Å²) in [5.74, 6) is 0. The SMILES string of the molecule is C[C](C)(C)[Sn][c]1sc2ccsc2[c]1[Sn][C](C)(C)C. The van der Waals surface area contributed by atoms with Crippen molar-refractivity contribution < 1.29 is 0 Å². The van der Waals surface area contributed by atoms with Crippen molar-refractivity contribution in [3.8, 4) is 0 Å². The van der Waals surface area contributed by atoms with E-state index in [9.17, 15) is 0 Å². The molecule has 0 aliphatic carbocycles. The van der Waals surface area contributed by atoms with Crippen LogP contribution in [-0.4, -0.2) is 42.3 Å². The fourth-order valence-corrected chi connectivity index (χ4v) is 17.5. The van der Waals surface area contributed by atoms with E-state index in [0.29, 0.717) is 6.86 Å². The molecule has 0 spiro atoms. The van der Waals surface area contributed by atoms with Crippen molar-refractivity contribution in [3.63, 3.8) is 0 Å². The fraction of sp³-hybridized carbons (Fsp3) is 0.571. The summed E-state index contributed by atoms with van der Waals surface area (Å²) in [5, 5.41) is 2.28. The second-order valence-electron chi connectivity index (χ2n) is 6.67. The Morgan fingerprint density at radius 3 is 2.11 bits per heavy atom. The summed E-state index contributed by atoms with van der Waals surface area (Å²) in [6, 6.07) is 2.34. The number of thiophene rings is 2. The second kappa shape index (κ2) is 5.57. The molecule has 0 atom stereocenters. The Morgan fingerprint density at radius 2 is 1.56 bits per heavy atom. The summed E-state index contributed by atoms with van der Waals surface area (Å²) in [6.07, 6.45) is 0. The van der Waals surface area contributed by atoms with Gasteiger partial charge >= 0.3 is 141 Å². The molecule has 0 saturated carbocycles. The van der Waals surface area contributed by atoms with Crippen molar-refractivity contribution in [2.75, 3.05) is 0 Å². The summed E-state index contributed by atoms with van der Waals surface area (Å²) in [6.45, 7) is 14.6. The molecule has 0 N–H and O–H groups in total. The van der Waals surface area contributed by atoms with Gasteiger partial charge in [0.2, 0.25) is 0 Å². The molecule has 18 heavy (non-hydrogen) atoms. The molecule has 0 aliphatic rings. The molecule has 2 rings (SSSR count). The van der Waals surface area contributed by atoms with E-state index in [-0.39, 0.29) is 0 Å². The molecule has 0 saturated heterocycles. The van der Waals surface area contributed by atoms with Gasteiger partial charge in [0.25, 0.3) is 0 Å². The maximum atomic E-state index is 2.43. The third-order valence-corrected chi connectivity index (χ3v) is 16.7. The van der Waals surface area contributed by atoms with Crippen molar-refractivity contribution in [1.29, 1.82) is 0 Å². The van der Waals surface area contributed by atoms with E-state index in [2.05, 4.69) is 64.3 Å². The van der Waals surface area contributed by atoms with Gasteiger partial charge in [0.1, 0.15) is 0 Å².